The van der Waals surface area contributed by atoms with Crippen molar-refractivity contribution < 1.29 is 9.32 Å². The Labute approximate surface area is 128 Å². The second kappa shape index (κ2) is 5.41. The summed E-state index contributed by atoms with van der Waals surface area (Å²) in [6.45, 7) is 3.28. The van der Waals surface area contributed by atoms with Crippen LogP contribution >= 0.6 is 11.6 Å². The van der Waals surface area contributed by atoms with Crippen LogP contribution in [-0.4, -0.2) is 31.2 Å². The molecule has 0 unspecified atom stereocenters. The number of benzene rings is 1. The third-order valence-corrected chi connectivity index (χ3v) is 3.84. The minimum absolute atomic E-state index is 0.161. The predicted molar refractivity (Wildman–Crippen MR) is 82.3 cm³/mol. The first-order chi connectivity index (χ1) is 10.1. The fourth-order valence-electron chi connectivity index (χ4n) is 2.56. The van der Waals surface area contributed by atoms with Gasteiger partial charge in [-0.15, -0.1) is 0 Å². The maximum atomic E-state index is 12.7. The standard InChI is InChI=1S/C15H16ClN3O2/c1-10-8-12(17-21-10)15(20)19-7-3-6-18(2)13-5-4-11(16)9-14(13)19/h4-5,8-9H,3,6-7H2,1-2H3. The molecule has 3 rings (SSSR count). The van der Waals surface area contributed by atoms with E-state index in [1.807, 2.05) is 25.2 Å². The molecule has 0 bridgehead atoms. The van der Waals surface area contributed by atoms with E-state index in [9.17, 15) is 4.79 Å². The molecule has 0 saturated heterocycles. The van der Waals surface area contributed by atoms with Gasteiger partial charge in [0.2, 0.25) is 0 Å². The molecule has 5 nitrogen and oxygen atoms in total. The lowest BCUT2D eigenvalue weighted by Crippen LogP contribution is -2.31. The van der Waals surface area contributed by atoms with Crippen LogP contribution in [0.1, 0.15) is 22.7 Å². The van der Waals surface area contributed by atoms with Gasteiger partial charge in [0.1, 0.15) is 5.76 Å². The van der Waals surface area contributed by atoms with Crippen LogP contribution in [0.25, 0.3) is 0 Å². The van der Waals surface area contributed by atoms with Crippen molar-refractivity contribution in [3.05, 3.63) is 40.7 Å². The summed E-state index contributed by atoms with van der Waals surface area (Å²) in [5, 5.41) is 4.43. The molecule has 2 aromatic rings. The third-order valence-electron chi connectivity index (χ3n) is 3.61. The summed E-state index contributed by atoms with van der Waals surface area (Å²) in [7, 11) is 2.01. The normalized spacial score (nSPS) is 14.8. The van der Waals surface area contributed by atoms with Crippen LogP contribution in [0.4, 0.5) is 11.4 Å². The van der Waals surface area contributed by atoms with Crippen molar-refractivity contribution >= 4 is 28.9 Å². The van der Waals surface area contributed by atoms with Crippen LogP contribution in [0, 0.1) is 6.92 Å². The molecule has 2 heterocycles. The number of carbonyl (C=O) groups is 1. The number of amides is 1. The lowest BCUT2D eigenvalue weighted by Gasteiger charge is -2.23. The highest BCUT2D eigenvalue weighted by Crippen LogP contribution is 2.34. The van der Waals surface area contributed by atoms with Crippen molar-refractivity contribution in [2.45, 2.75) is 13.3 Å². The Morgan fingerprint density at radius 2 is 2.10 bits per heavy atom. The van der Waals surface area contributed by atoms with Gasteiger partial charge in [0.15, 0.2) is 5.69 Å². The highest BCUT2D eigenvalue weighted by Gasteiger charge is 2.26. The Morgan fingerprint density at radius 1 is 1.29 bits per heavy atom. The second-order valence-electron chi connectivity index (χ2n) is 5.19. The Kier molecular flexibility index (Phi) is 3.59. The molecule has 0 saturated carbocycles. The summed E-state index contributed by atoms with van der Waals surface area (Å²) in [6, 6.07) is 7.26. The van der Waals surface area contributed by atoms with E-state index < -0.39 is 0 Å². The molecular weight excluding hydrogens is 290 g/mol. The molecule has 1 aliphatic heterocycles. The number of anilines is 2. The summed E-state index contributed by atoms with van der Waals surface area (Å²) in [5.41, 5.74) is 2.13. The zero-order valence-electron chi connectivity index (χ0n) is 12.0. The van der Waals surface area contributed by atoms with Gasteiger partial charge in [-0.3, -0.25) is 4.79 Å². The molecule has 1 aromatic carbocycles. The van der Waals surface area contributed by atoms with Crippen molar-refractivity contribution in [1.29, 1.82) is 0 Å². The molecule has 0 radical (unpaired) electrons. The molecule has 0 N–H and O–H groups in total. The molecule has 1 aliphatic rings. The van der Waals surface area contributed by atoms with Gasteiger partial charge in [-0.05, 0) is 31.5 Å². The van der Waals surface area contributed by atoms with Gasteiger partial charge in [0.05, 0.1) is 11.4 Å². The molecule has 0 aliphatic carbocycles. The molecule has 0 atom stereocenters. The van der Waals surface area contributed by atoms with Gasteiger partial charge in [-0.1, -0.05) is 16.8 Å². The molecule has 0 fully saturated rings. The van der Waals surface area contributed by atoms with Crippen LogP contribution < -0.4 is 9.80 Å². The van der Waals surface area contributed by atoms with Crippen LogP contribution in [0.15, 0.2) is 28.8 Å². The molecule has 1 amide bonds. The number of fused-ring (bicyclic) bond motifs is 1. The van der Waals surface area contributed by atoms with Gasteiger partial charge in [0.25, 0.3) is 5.91 Å². The first-order valence-electron chi connectivity index (χ1n) is 6.82. The van der Waals surface area contributed by atoms with Gasteiger partial charge in [-0.2, -0.15) is 0 Å². The Morgan fingerprint density at radius 3 is 2.81 bits per heavy atom. The van der Waals surface area contributed by atoms with E-state index in [1.165, 1.54) is 0 Å². The molecular formula is C15H16ClN3O2. The average Bonchev–Trinajstić information content (AvgIpc) is 2.82. The van der Waals surface area contributed by atoms with Crippen LogP contribution in [0.2, 0.25) is 5.02 Å². The van der Waals surface area contributed by atoms with Crippen LogP contribution in [-0.2, 0) is 0 Å². The highest BCUT2D eigenvalue weighted by atomic mass is 35.5. The quantitative estimate of drug-likeness (QED) is 0.812. The number of carbonyl (C=O) groups excluding carboxylic acids is 1. The number of rotatable bonds is 1. The van der Waals surface area contributed by atoms with Crippen molar-refractivity contribution in [2.24, 2.45) is 0 Å². The van der Waals surface area contributed by atoms with Gasteiger partial charge in [-0.25, -0.2) is 0 Å². The van der Waals surface area contributed by atoms with E-state index in [4.69, 9.17) is 16.1 Å². The Bertz CT molecular complexity index is 683. The lowest BCUT2D eigenvalue weighted by molar-refractivity contribution is 0.0978. The minimum Gasteiger partial charge on any atom is -0.373 e. The summed E-state index contributed by atoms with van der Waals surface area (Å²) < 4.78 is 5.01. The smallest absolute Gasteiger partial charge is 0.280 e. The highest BCUT2D eigenvalue weighted by molar-refractivity contribution is 6.31. The van der Waals surface area contributed by atoms with E-state index in [2.05, 4.69) is 10.1 Å². The zero-order chi connectivity index (χ0) is 15.0. The zero-order valence-corrected chi connectivity index (χ0v) is 12.7. The van der Waals surface area contributed by atoms with Crippen molar-refractivity contribution in [3.63, 3.8) is 0 Å². The Hall–Kier alpha value is -2.01. The fourth-order valence-corrected chi connectivity index (χ4v) is 2.73. The topological polar surface area (TPSA) is 49.6 Å². The SMILES string of the molecule is Cc1cc(C(=O)N2CCCN(C)c3ccc(Cl)cc32)no1. The number of hydrogen-bond acceptors (Lipinski definition) is 4. The molecule has 110 valence electrons. The average molecular weight is 306 g/mol. The molecule has 0 spiro atoms. The van der Waals surface area contributed by atoms with E-state index in [1.54, 1.807) is 17.9 Å². The van der Waals surface area contributed by atoms with Crippen molar-refractivity contribution in [3.8, 4) is 0 Å². The van der Waals surface area contributed by atoms with E-state index in [0.717, 1.165) is 24.3 Å². The van der Waals surface area contributed by atoms with E-state index >= 15 is 0 Å². The number of aromatic nitrogens is 1. The third kappa shape index (κ3) is 2.61. The largest absolute Gasteiger partial charge is 0.373 e. The van der Waals surface area contributed by atoms with Crippen LogP contribution in [0.3, 0.4) is 0 Å². The number of hydrogen-bond donors (Lipinski definition) is 0. The van der Waals surface area contributed by atoms with Crippen molar-refractivity contribution in [2.75, 3.05) is 29.9 Å². The first-order valence-corrected chi connectivity index (χ1v) is 7.20. The number of halogens is 1. The minimum atomic E-state index is -0.161. The monoisotopic (exact) mass is 305 g/mol. The maximum absolute atomic E-state index is 12.7. The molecule has 1 aromatic heterocycles. The number of nitrogens with zero attached hydrogens (tertiary/aromatic N) is 3. The lowest BCUT2D eigenvalue weighted by atomic mass is 10.2. The first kappa shape index (κ1) is 13.9. The fraction of sp³-hybridized carbons (Fsp3) is 0.333. The number of aryl methyl sites for hydroxylation is 1. The summed E-state index contributed by atoms with van der Waals surface area (Å²) >= 11 is 6.11. The van der Waals surface area contributed by atoms with Crippen molar-refractivity contribution in [1.82, 2.24) is 5.16 Å². The van der Waals surface area contributed by atoms with Gasteiger partial charge >= 0.3 is 0 Å². The molecule has 6 heteroatoms. The van der Waals surface area contributed by atoms with Gasteiger partial charge < -0.3 is 14.3 Å². The predicted octanol–water partition coefficient (Wildman–Crippen LogP) is 3.12. The van der Waals surface area contributed by atoms with Crippen LogP contribution in [0.5, 0.6) is 0 Å². The molecule has 21 heavy (non-hydrogen) atoms. The van der Waals surface area contributed by atoms with E-state index in [0.29, 0.717) is 23.0 Å². The second-order valence-corrected chi connectivity index (χ2v) is 5.62. The van der Waals surface area contributed by atoms with Gasteiger partial charge in [0, 0.05) is 31.2 Å². The summed E-state index contributed by atoms with van der Waals surface area (Å²) in [4.78, 5) is 16.5. The maximum Gasteiger partial charge on any atom is 0.280 e. The summed E-state index contributed by atoms with van der Waals surface area (Å²) in [6.07, 6.45) is 0.880. The Balaban J connectivity index is 2.04. The van der Waals surface area contributed by atoms with E-state index in [-0.39, 0.29) is 5.91 Å². The summed E-state index contributed by atoms with van der Waals surface area (Å²) in [5.74, 6) is 0.460.